The molecule has 0 saturated carbocycles. The van der Waals surface area contributed by atoms with Crippen molar-refractivity contribution in [3.8, 4) is 11.4 Å². The van der Waals surface area contributed by atoms with Gasteiger partial charge in [0.25, 0.3) is 0 Å². The molecule has 7 nitrogen and oxygen atoms in total. The van der Waals surface area contributed by atoms with Crippen molar-refractivity contribution < 1.29 is 0 Å². The van der Waals surface area contributed by atoms with E-state index in [1.807, 2.05) is 35.2 Å². The van der Waals surface area contributed by atoms with Crippen LogP contribution in [0.1, 0.15) is 44.0 Å². The zero-order valence-electron chi connectivity index (χ0n) is 17.7. The monoisotopic (exact) mass is 435 g/mol. The summed E-state index contributed by atoms with van der Waals surface area (Å²) in [5.41, 5.74) is 3.98. The van der Waals surface area contributed by atoms with E-state index in [1.165, 1.54) is 19.3 Å². The van der Waals surface area contributed by atoms with Gasteiger partial charge in [-0.05, 0) is 49.9 Å². The van der Waals surface area contributed by atoms with Crippen molar-refractivity contribution in [1.29, 1.82) is 0 Å². The van der Waals surface area contributed by atoms with E-state index in [9.17, 15) is 0 Å². The van der Waals surface area contributed by atoms with E-state index in [-0.39, 0.29) is 0 Å². The summed E-state index contributed by atoms with van der Waals surface area (Å²) in [4.78, 5) is 16.7. The van der Waals surface area contributed by atoms with E-state index in [4.69, 9.17) is 26.6 Å². The van der Waals surface area contributed by atoms with Crippen LogP contribution in [0.15, 0.2) is 42.9 Å². The molecule has 160 valence electrons. The first-order chi connectivity index (χ1) is 15.2. The minimum Gasteiger partial charge on any atom is -0.356 e. The van der Waals surface area contributed by atoms with Crippen molar-refractivity contribution in [1.82, 2.24) is 29.1 Å². The molecule has 5 heterocycles. The number of hydrogen-bond donors (Lipinski definition) is 0. The summed E-state index contributed by atoms with van der Waals surface area (Å²) in [6.45, 7) is 4.88. The van der Waals surface area contributed by atoms with Crippen molar-refractivity contribution in [2.45, 2.75) is 45.6 Å². The zero-order valence-corrected chi connectivity index (χ0v) is 18.5. The number of pyridine rings is 1. The first-order valence-corrected chi connectivity index (χ1v) is 11.4. The Labute approximate surface area is 186 Å². The van der Waals surface area contributed by atoms with Crippen molar-refractivity contribution in [3.05, 3.63) is 59.4 Å². The molecule has 0 radical (unpaired) electrons. The molecule has 0 bridgehead atoms. The molecule has 0 aromatic carbocycles. The van der Waals surface area contributed by atoms with Gasteiger partial charge in [-0.25, -0.2) is 19.5 Å². The van der Waals surface area contributed by atoms with E-state index in [0.717, 1.165) is 60.2 Å². The van der Waals surface area contributed by atoms with Crippen molar-refractivity contribution in [2.75, 3.05) is 18.0 Å². The van der Waals surface area contributed by atoms with Crippen molar-refractivity contribution in [2.24, 2.45) is 0 Å². The quantitative estimate of drug-likeness (QED) is 0.441. The average molecular weight is 436 g/mol. The van der Waals surface area contributed by atoms with Gasteiger partial charge in [-0.3, -0.25) is 0 Å². The largest absolute Gasteiger partial charge is 0.356 e. The summed E-state index contributed by atoms with van der Waals surface area (Å²) in [5, 5.41) is 4.95. The predicted octanol–water partition coefficient (Wildman–Crippen LogP) is 4.63. The van der Waals surface area contributed by atoms with E-state index >= 15 is 0 Å². The molecule has 0 atom stereocenters. The molecule has 31 heavy (non-hydrogen) atoms. The highest BCUT2D eigenvalue weighted by molar-refractivity contribution is 6.29. The fourth-order valence-corrected chi connectivity index (χ4v) is 4.53. The third kappa shape index (κ3) is 3.90. The van der Waals surface area contributed by atoms with E-state index < -0.39 is 0 Å². The summed E-state index contributed by atoms with van der Waals surface area (Å²) in [7, 11) is 0. The third-order valence-corrected chi connectivity index (χ3v) is 6.03. The molecule has 1 aliphatic heterocycles. The van der Waals surface area contributed by atoms with Gasteiger partial charge >= 0.3 is 0 Å². The highest BCUT2D eigenvalue weighted by Gasteiger charge is 2.20. The maximum absolute atomic E-state index is 6.15. The molecule has 4 aromatic rings. The maximum Gasteiger partial charge on any atom is 0.154 e. The van der Waals surface area contributed by atoms with Crippen LogP contribution in [0.3, 0.4) is 0 Å². The number of anilines is 1. The van der Waals surface area contributed by atoms with Gasteiger partial charge in [-0.15, -0.1) is 0 Å². The van der Waals surface area contributed by atoms with Gasteiger partial charge in [0.05, 0.1) is 23.5 Å². The van der Waals surface area contributed by atoms with Crippen LogP contribution in [0.5, 0.6) is 0 Å². The maximum atomic E-state index is 6.15. The lowest BCUT2D eigenvalue weighted by Crippen LogP contribution is -2.30. The second-order valence-corrected chi connectivity index (χ2v) is 8.37. The van der Waals surface area contributed by atoms with Crippen LogP contribution in [-0.4, -0.2) is 42.2 Å². The lowest BCUT2D eigenvalue weighted by Gasteiger charge is -2.29. The fourth-order valence-electron chi connectivity index (χ4n) is 4.39. The Balaban J connectivity index is 1.54. The number of rotatable bonds is 6. The second kappa shape index (κ2) is 8.67. The Morgan fingerprint density at radius 1 is 1.03 bits per heavy atom. The molecule has 0 amide bonds. The molecule has 8 heteroatoms. The number of aromatic nitrogens is 6. The topological polar surface area (TPSA) is 64.1 Å². The van der Waals surface area contributed by atoms with E-state index in [2.05, 4.69) is 27.6 Å². The van der Waals surface area contributed by atoms with Crippen LogP contribution in [0.2, 0.25) is 5.15 Å². The molecular formula is C23H26ClN7. The zero-order chi connectivity index (χ0) is 21.2. The summed E-state index contributed by atoms with van der Waals surface area (Å²) in [6.07, 6.45) is 11.3. The van der Waals surface area contributed by atoms with Crippen LogP contribution >= 0.6 is 11.6 Å². The van der Waals surface area contributed by atoms with E-state index in [0.29, 0.717) is 11.7 Å². The van der Waals surface area contributed by atoms with Gasteiger partial charge in [0.1, 0.15) is 16.8 Å². The van der Waals surface area contributed by atoms with Crippen LogP contribution < -0.4 is 4.90 Å². The number of halogens is 1. The lowest BCUT2D eigenvalue weighted by atomic mass is 10.1. The number of nitrogens with zero attached hydrogens (tertiary/aromatic N) is 7. The van der Waals surface area contributed by atoms with Crippen molar-refractivity contribution >= 4 is 23.1 Å². The van der Waals surface area contributed by atoms with Crippen LogP contribution in [0.4, 0.5) is 5.82 Å². The van der Waals surface area contributed by atoms with Crippen LogP contribution in [0, 0.1) is 0 Å². The minimum atomic E-state index is 0.471. The smallest absolute Gasteiger partial charge is 0.154 e. The standard InChI is InChI=1S/C23H26ClN7/c1-2-7-19-18(27-21-10-9-20(24)28-31(19)21)16-30-15-12-26-23(30)17-8-6-11-25-22(17)29-13-4-3-5-14-29/h6,8-12,15H,2-5,7,13-14,16H2,1H3. The third-order valence-electron chi connectivity index (χ3n) is 5.83. The molecule has 5 rings (SSSR count). The minimum absolute atomic E-state index is 0.471. The number of fused-ring (bicyclic) bond motifs is 1. The highest BCUT2D eigenvalue weighted by Crippen LogP contribution is 2.30. The summed E-state index contributed by atoms with van der Waals surface area (Å²) in [5.74, 6) is 1.94. The SMILES string of the molecule is CCCc1c(Cn2ccnc2-c2cccnc2N2CCCCC2)nc2ccc(Cl)nn12. The lowest BCUT2D eigenvalue weighted by molar-refractivity contribution is 0.573. The Kier molecular flexibility index (Phi) is 5.59. The summed E-state index contributed by atoms with van der Waals surface area (Å²) >= 11 is 6.15. The van der Waals surface area contributed by atoms with Crippen molar-refractivity contribution in [3.63, 3.8) is 0 Å². The number of piperidine rings is 1. The molecule has 1 fully saturated rings. The van der Waals surface area contributed by atoms with Gasteiger partial charge in [0, 0.05) is 31.7 Å². The van der Waals surface area contributed by atoms with Gasteiger partial charge in [-0.1, -0.05) is 24.9 Å². The Morgan fingerprint density at radius 2 is 1.90 bits per heavy atom. The molecule has 0 spiro atoms. The molecule has 1 aliphatic rings. The normalized spacial score (nSPS) is 14.5. The molecule has 0 unspecified atom stereocenters. The first-order valence-electron chi connectivity index (χ1n) is 11.0. The van der Waals surface area contributed by atoms with Gasteiger partial charge in [0.15, 0.2) is 5.65 Å². The average Bonchev–Trinajstić information content (AvgIpc) is 3.39. The Morgan fingerprint density at radius 3 is 2.74 bits per heavy atom. The molecule has 4 aromatic heterocycles. The van der Waals surface area contributed by atoms with Crippen LogP contribution in [-0.2, 0) is 13.0 Å². The second-order valence-electron chi connectivity index (χ2n) is 7.98. The Hall–Kier alpha value is -2.93. The van der Waals surface area contributed by atoms with Crippen LogP contribution in [0.25, 0.3) is 17.0 Å². The summed E-state index contributed by atoms with van der Waals surface area (Å²) < 4.78 is 4.04. The molecule has 1 saturated heterocycles. The Bertz CT molecular complexity index is 1190. The molecule has 0 aliphatic carbocycles. The van der Waals surface area contributed by atoms with Gasteiger partial charge in [0.2, 0.25) is 0 Å². The number of imidazole rings is 2. The van der Waals surface area contributed by atoms with Gasteiger partial charge in [-0.2, -0.15) is 5.10 Å². The first kappa shape index (κ1) is 20.0. The van der Waals surface area contributed by atoms with Gasteiger partial charge < -0.3 is 9.47 Å². The highest BCUT2D eigenvalue weighted by atomic mass is 35.5. The van der Waals surface area contributed by atoms with E-state index in [1.54, 1.807) is 6.07 Å². The molecule has 0 N–H and O–H groups in total. The predicted molar refractivity (Wildman–Crippen MR) is 123 cm³/mol. The molecular weight excluding hydrogens is 410 g/mol. The number of aryl methyl sites for hydroxylation is 1. The fraction of sp³-hybridized carbons (Fsp3) is 0.391. The number of hydrogen-bond acceptors (Lipinski definition) is 5. The summed E-state index contributed by atoms with van der Waals surface area (Å²) in [6, 6.07) is 7.81.